The predicted octanol–water partition coefficient (Wildman–Crippen LogP) is 5.25. The van der Waals surface area contributed by atoms with Gasteiger partial charge in [0.15, 0.2) is 0 Å². The first-order chi connectivity index (χ1) is 18.0. The first-order valence-corrected chi connectivity index (χ1v) is 13.3. The number of alkyl halides is 1. The number of anilines is 1. The van der Waals surface area contributed by atoms with Crippen LogP contribution in [0.2, 0.25) is 5.02 Å². The van der Waals surface area contributed by atoms with Gasteiger partial charge in [0.2, 0.25) is 5.95 Å². The molecule has 1 saturated carbocycles. The highest BCUT2D eigenvalue weighted by Crippen LogP contribution is 2.38. The van der Waals surface area contributed by atoms with Gasteiger partial charge in [-0.15, -0.1) is 5.10 Å². The van der Waals surface area contributed by atoms with Crippen molar-refractivity contribution in [1.29, 1.82) is 0 Å². The lowest BCUT2D eigenvalue weighted by atomic mass is 9.83. The summed E-state index contributed by atoms with van der Waals surface area (Å²) < 4.78 is 21.5. The van der Waals surface area contributed by atoms with Crippen molar-refractivity contribution in [3.05, 3.63) is 40.1 Å². The van der Waals surface area contributed by atoms with E-state index in [0.717, 1.165) is 56.2 Å². The highest BCUT2D eigenvalue weighted by atomic mass is 35.5. The number of hydrogen-bond donors (Lipinski definition) is 1. The third kappa shape index (κ3) is 4.63. The summed E-state index contributed by atoms with van der Waals surface area (Å²) in [4.78, 5) is 28.0. The van der Waals surface area contributed by atoms with Gasteiger partial charge in [-0.25, -0.2) is 24.3 Å². The Hall–Kier alpha value is -3.27. The van der Waals surface area contributed by atoms with Crippen molar-refractivity contribution in [1.82, 2.24) is 29.7 Å². The van der Waals surface area contributed by atoms with E-state index < -0.39 is 12.4 Å². The molecule has 0 spiro atoms. The summed E-state index contributed by atoms with van der Waals surface area (Å²) in [6.45, 7) is 3.42. The maximum atomic E-state index is 14.0. The molecule has 4 aromatic rings. The van der Waals surface area contributed by atoms with Crippen LogP contribution in [0, 0.1) is 11.8 Å². The second-order valence-electron chi connectivity index (χ2n) is 10.3. The highest BCUT2D eigenvalue weighted by molar-refractivity contribution is 6.30. The molecule has 11 heteroatoms. The molecule has 1 aliphatic carbocycles. The zero-order valence-electron chi connectivity index (χ0n) is 20.7. The molecule has 1 unspecified atom stereocenters. The highest BCUT2D eigenvalue weighted by Gasteiger charge is 2.32. The zero-order chi connectivity index (χ0) is 25.5. The second kappa shape index (κ2) is 9.89. The van der Waals surface area contributed by atoms with Gasteiger partial charge >= 0.3 is 5.76 Å². The van der Waals surface area contributed by atoms with E-state index in [1.165, 1.54) is 12.8 Å². The average Bonchev–Trinajstić information content (AvgIpc) is 3.63. The molecule has 1 aliphatic heterocycles. The Bertz CT molecular complexity index is 1470. The van der Waals surface area contributed by atoms with Crippen LogP contribution in [-0.4, -0.2) is 49.0 Å². The number of H-pyrrole nitrogens is 1. The molecule has 2 aliphatic rings. The van der Waals surface area contributed by atoms with Crippen LogP contribution in [0.3, 0.4) is 0 Å². The largest absolute Gasteiger partial charge is 0.434 e. The number of fused-ring (bicyclic) bond motifs is 1. The second-order valence-corrected chi connectivity index (χ2v) is 10.8. The molecule has 0 amide bonds. The van der Waals surface area contributed by atoms with Crippen LogP contribution >= 0.6 is 11.6 Å². The molecule has 0 aromatic carbocycles. The van der Waals surface area contributed by atoms with Crippen LogP contribution in [-0.2, 0) is 6.54 Å². The molecule has 4 aromatic heterocycles. The van der Waals surface area contributed by atoms with E-state index in [-0.39, 0.29) is 11.9 Å². The Balaban J connectivity index is 1.58. The van der Waals surface area contributed by atoms with Crippen LogP contribution < -0.4 is 10.7 Å². The van der Waals surface area contributed by atoms with Crippen molar-refractivity contribution in [2.75, 3.05) is 18.1 Å². The first kappa shape index (κ1) is 24.1. The number of hydrogen-bond acceptors (Lipinski definition) is 7. The number of aromatic nitrogens is 6. The predicted molar refractivity (Wildman–Crippen MR) is 139 cm³/mol. The summed E-state index contributed by atoms with van der Waals surface area (Å²) in [6, 6.07) is 3.38. The van der Waals surface area contributed by atoms with E-state index in [1.807, 2.05) is 0 Å². The summed E-state index contributed by atoms with van der Waals surface area (Å²) in [5.41, 5.74) is 3.21. The van der Waals surface area contributed by atoms with Gasteiger partial charge in [-0.2, -0.15) is 0 Å². The maximum absolute atomic E-state index is 14.0. The first-order valence-electron chi connectivity index (χ1n) is 12.9. The van der Waals surface area contributed by atoms with Gasteiger partial charge in [-0.1, -0.05) is 31.4 Å². The quantitative estimate of drug-likeness (QED) is 0.366. The van der Waals surface area contributed by atoms with Gasteiger partial charge in [-0.05, 0) is 49.7 Å². The molecule has 5 heterocycles. The smallest absolute Gasteiger partial charge is 0.386 e. The standard InChI is InChI=1S/C26H29ClFN7O2/c1-15-4-6-16(7-5-15)14-35-23-20(31-25(35)34-8-2-3-19(34)11-28)10-21(24-32-33-26(36)37-24)30-22(23)17-9-18(27)13-29-12-17/h9-10,12-13,15-16,19H,2-8,11,14H2,1H3,(H,33,36). The number of aromatic amines is 1. The number of rotatable bonds is 6. The number of nitrogens with zero attached hydrogens (tertiary/aromatic N) is 6. The monoisotopic (exact) mass is 525 g/mol. The summed E-state index contributed by atoms with van der Waals surface area (Å²) in [5.74, 6) is 1.40. The topological polar surface area (TPSA) is 106 Å². The van der Waals surface area contributed by atoms with Gasteiger partial charge in [0.05, 0.1) is 27.8 Å². The van der Waals surface area contributed by atoms with Crippen LogP contribution in [0.5, 0.6) is 0 Å². The fourth-order valence-corrected chi connectivity index (χ4v) is 5.93. The molecule has 0 radical (unpaired) electrons. The van der Waals surface area contributed by atoms with E-state index in [4.69, 9.17) is 26.0 Å². The average molecular weight is 526 g/mol. The Morgan fingerprint density at radius 3 is 2.73 bits per heavy atom. The molecule has 37 heavy (non-hydrogen) atoms. The number of pyridine rings is 2. The van der Waals surface area contributed by atoms with Crippen LogP contribution in [0.15, 0.2) is 33.7 Å². The molecule has 1 atom stereocenters. The van der Waals surface area contributed by atoms with Gasteiger partial charge in [0.25, 0.3) is 5.89 Å². The normalized spacial score (nSPS) is 22.2. The molecular weight excluding hydrogens is 497 g/mol. The molecule has 1 N–H and O–H groups in total. The van der Waals surface area contributed by atoms with E-state index >= 15 is 0 Å². The van der Waals surface area contributed by atoms with Crippen molar-refractivity contribution in [3.8, 4) is 22.8 Å². The van der Waals surface area contributed by atoms with Crippen molar-refractivity contribution in [3.63, 3.8) is 0 Å². The van der Waals surface area contributed by atoms with E-state index in [1.54, 1.807) is 24.5 Å². The summed E-state index contributed by atoms with van der Waals surface area (Å²) in [7, 11) is 0. The molecule has 2 fully saturated rings. The fourth-order valence-electron chi connectivity index (χ4n) is 5.76. The maximum Gasteiger partial charge on any atom is 0.434 e. The zero-order valence-corrected chi connectivity index (χ0v) is 21.4. The Morgan fingerprint density at radius 1 is 1.16 bits per heavy atom. The minimum atomic E-state index is -0.663. The molecule has 194 valence electrons. The van der Waals surface area contributed by atoms with Crippen molar-refractivity contribution < 1.29 is 8.81 Å². The van der Waals surface area contributed by atoms with Crippen LogP contribution in [0.4, 0.5) is 10.3 Å². The Labute approximate surface area is 218 Å². The number of nitrogens with one attached hydrogen (secondary N) is 1. The van der Waals surface area contributed by atoms with Crippen molar-refractivity contribution in [2.45, 2.75) is 58.0 Å². The lowest BCUT2D eigenvalue weighted by molar-refractivity contribution is 0.266. The van der Waals surface area contributed by atoms with Gasteiger partial charge in [0, 0.05) is 31.0 Å². The molecule has 9 nitrogen and oxygen atoms in total. The summed E-state index contributed by atoms with van der Waals surface area (Å²) in [6.07, 6.45) is 9.69. The lowest BCUT2D eigenvalue weighted by Gasteiger charge is -2.29. The fraction of sp³-hybridized carbons (Fsp3) is 0.500. The van der Waals surface area contributed by atoms with E-state index in [0.29, 0.717) is 33.4 Å². The molecular formula is C26H29ClFN7O2. The van der Waals surface area contributed by atoms with Gasteiger partial charge in [0.1, 0.15) is 12.4 Å². The third-order valence-electron chi connectivity index (χ3n) is 7.73. The van der Waals surface area contributed by atoms with Crippen molar-refractivity contribution >= 4 is 28.6 Å². The molecule has 6 rings (SSSR count). The number of halogens is 2. The van der Waals surface area contributed by atoms with Crippen LogP contribution in [0.25, 0.3) is 33.9 Å². The van der Waals surface area contributed by atoms with E-state index in [2.05, 4.69) is 31.6 Å². The molecule has 0 bridgehead atoms. The lowest BCUT2D eigenvalue weighted by Crippen LogP contribution is -2.33. The Morgan fingerprint density at radius 2 is 2.00 bits per heavy atom. The van der Waals surface area contributed by atoms with Gasteiger partial charge < -0.3 is 13.9 Å². The SMILES string of the molecule is CC1CCC(Cn2c(N3CCCC3CF)nc3cc(-c4n[nH]c(=O)o4)nc(-c4cncc(Cl)c4)c32)CC1. The summed E-state index contributed by atoms with van der Waals surface area (Å²) >= 11 is 6.32. The minimum Gasteiger partial charge on any atom is -0.386 e. The minimum absolute atomic E-state index is 0.0725. The third-order valence-corrected chi connectivity index (χ3v) is 7.93. The molecule has 1 saturated heterocycles. The summed E-state index contributed by atoms with van der Waals surface area (Å²) in [5, 5.41) is 6.75. The number of imidazole rings is 1. The van der Waals surface area contributed by atoms with Crippen molar-refractivity contribution in [2.24, 2.45) is 11.8 Å². The van der Waals surface area contributed by atoms with Crippen LogP contribution in [0.1, 0.15) is 45.4 Å². The Kier molecular flexibility index (Phi) is 6.44. The van der Waals surface area contributed by atoms with Gasteiger partial charge in [-0.3, -0.25) is 4.98 Å². The van der Waals surface area contributed by atoms with E-state index in [9.17, 15) is 9.18 Å².